The van der Waals surface area contributed by atoms with Crippen molar-refractivity contribution in [1.29, 1.82) is 0 Å². The molecule has 1 unspecified atom stereocenters. The van der Waals surface area contributed by atoms with Gasteiger partial charge in [-0.05, 0) is 25.5 Å². The van der Waals surface area contributed by atoms with Crippen LogP contribution < -0.4 is 21.1 Å². The lowest BCUT2D eigenvalue weighted by Crippen LogP contribution is -2.33. The number of nitrogens with two attached hydrogens (primary N) is 1. The van der Waals surface area contributed by atoms with Gasteiger partial charge in [0.25, 0.3) is 0 Å². The highest BCUT2D eigenvalue weighted by Gasteiger charge is 2.09. The summed E-state index contributed by atoms with van der Waals surface area (Å²) in [6, 6.07) is 5.63. The molecule has 0 aliphatic heterocycles. The van der Waals surface area contributed by atoms with Gasteiger partial charge in [-0.15, -0.1) is 0 Å². The minimum Gasteiger partial charge on any atom is -0.497 e. The molecule has 0 heterocycles. The Kier molecular flexibility index (Phi) is 6.94. The molecule has 0 aliphatic rings. The molecule has 21 heavy (non-hydrogen) atoms. The third-order valence-electron chi connectivity index (χ3n) is 3.18. The maximum absolute atomic E-state index is 11.7. The zero-order chi connectivity index (χ0) is 15.8. The second kappa shape index (κ2) is 8.46. The number of thiocarbonyl (C=S) groups is 1. The van der Waals surface area contributed by atoms with Gasteiger partial charge in [-0.3, -0.25) is 4.79 Å². The molecule has 0 spiro atoms. The largest absolute Gasteiger partial charge is 0.497 e. The number of benzene rings is 1. The molecular formula is C15H23N3O2S. The van der Waals surface area contributed by atoms with E-state index in [1.165, 1.54) is 0 Å². The van der Waals surface area contributed by atoms with E-state index >= 15 is 0 Å². The molecule has 0 aromatic heterocycles. The lowest BCUT2D eigenvalue weighted by Gasteiger charge is -2.14. The summed E-state index contributed by atoms with van der Waals surface area (Å²) in [4.78, 5) is 12.0. The van der Waals surface area contributed by atoms with Crippen molar-refractivity contribution in [2.24, 2.45) is 5.73 Å². The molecular weight excluding hydrogens is 286 g/mol. The van der Waals surface area contributed by atoms with Crippen molar-refractivity contribution in [2.75, 3.05) is 19.0 Å². The molecule has 0 saturated carbocycles. The van der Waals surface area contributed by atoms with Crippen LogP contribution in [-0.4, -0.2) is 30.6 Å². The number of amides is 1. The molecule has 0 radical (unpaired) electrons. The van der Waals surface area contributed by atoms with Crippen molar-refractivity contribution in [3.8, 4) is 5.75 Å². The lowest BCUT2D eigenvalue weighted by atomic mass is 10.1. The molecule has 0 aliphatic carbocycles. The number of hydrogen-bond donors (Lipinski definition) is 3. The number of ether oxygens (including phenoxy) is 1. The van der Waals surface area contributed by atoms with Crippen molar-refractivity contribution >= 4 is 28.8 Å². The highest BCUT2D eigenvalue weighted by molar-refractivity contribution is 7.80. The maximum Gasteiger partial charge on any atom is 0.221 e. The van der Waals surface area contributed by atoms with Crippen LogP contribution in [0.4, 0.5) is 5.69 Å². The van der Waals surface area contributed by atoms with Gasteiger partial charge in [-0.2, -0.15) is 0 Å². The predicted molar refractivity (Wildman–Crippen MR) is 89.9 cm³/mol. The minimum absolute atomic E-state index is 0.0246. The molecule has 0 bridgehead atoms. The summed E-state index contributed by atoms with van der Waals surface area (Å²) in [6.07, 6.45) is 1.30. The Morgan fingerprint density at radius 2 is 2.19 bits per heavy atom. The molecule has 1 rings (SSSR count). The monoisotopic (exact) mass is 309 g/mol. The lowest BCUT2D eigenvalue weighted by molar-refractivity contribution is -0.121. The van der Waals surface area contributed by atoms with E-state index in [1.54, 1.807) is 13.2 Å². The van der Waals surface area contributed by atoms with Crippen molar-refractivity contribution in [3.63, 3.8) is 0 Å². The van der Waals surface area contributed by atoms with Gasteiger partial charge in [0.1, 0.15) is 10.7 Å². The Labute approximate surface area is 131 Å². The van der Waals surface area contributed by atoms with Gasteiger partial charge < -0.3 is 21.1 Å². The normalized spacial score (nSPS) is 11.6. The second-order valence-corrected chi connectivity index (χ2v) is 5.27. The maximum atomic E-state index is 11.7. The van der Waals surface area contributed by atoms with Gasteiger partial charge >= 0.3 is 0 Å². The standard InChI is InChI=1S/C15H23N3O2S/c1-4-10(2)18-14(19)7-8-17-13-9-11(20-3)5-6-12(13)15(16)21/h5-6,9-10,17H,4,7-8H2,1-3H3,(H2,16,21)(H,18,19). The van der Waals surface area contributed by atoms with Crippen LogP contribution in [0.2, 0.25) is 0 Å². The fourth-order valence-electron chi connectivity index (χ4n) is 1.77. The Bertz CT molecular complexity index is 506. The second-order valence-electron chi connectivity index (χ2n) is 4.83. The van der Waals surface area contributed by atoms with Crippen molar-refractivity contribution in [3.05, 3.63) is 23.8 Å². The Balaban J connectivity index is 2.61. The summed E-state index contributed by atoms with van der Waals surface area (Å²) >= 11 is 5.02. The fraction of sp³-hybridized carbons (Fsp3) is 0.467. The fourth-order valence-corrected chi connectivity index (χ4v) is 1.95. The molecule has 0 fully saturated rings. The van der Waals surface area contributed by atoms with Gasteiger partial charge in [0.2, 0.25) is 5.91 Å². The summed E-state index contributed by atoms with van der Waals surface area (Å²) in [7, 11) is 1.60. The van der Waals surface area contributed by atoms with E-state index < -0.39 is 0 Å². The van der Waals surface area contributed by atoms with Gasteiger partial charge in [-0.1, -0.05) is 19.1 Å². The van der Waals surface area contributed by atoms with E-state index in [0.29, 0.717) is 23.7 Å². The van der Waals surface area contributed by atoms with Gasteiger partial charge in [0.15, 0.2) is 0 Å². The smallest absolute Gasteiger partial charge is 0.221 e. The number of rotatable bonds is 8. The highest BCUT2D eigenvalue weighted by atomic mass is 32.1. The predicted octanol–water partition coefficient (Wildman–Crippen LogP) is 2.05. The first-order chi connectivity index (χ1) is 9.97. The van der Waals surface area contributed by atoms with Crippen LogP contribution in [0.25, 0.3) is 0 Å². The zero-order valence-corrected chi connectivity index (χ0v) is 13.5. The molecule has 6 heteroatoms. The van der Waals surface area contributed by atoms with E-state index in [0.717, 1.165) is 17.7 Å². The molecule has 0 saturated heterocycles. The van der Waals surface area contributed by atoms with Crippen LogP contribution in [0.3, 0.4) is 0 Å². The minimum atomic E-state index is 0.0246. The molecule has 1 amide bonds. The number of carbonyl (C=O) groups is 1. The molecule has 5 nitrogen and oxygen atoms in total. The van der Waals surface area contributed by atoms with Crippen molar-refractivity contribution in [1.82, 2.24) is 5.32 Å². The molecule has 1 aromatic rings. The van der Waals surface area contributed by atoms with Gasteiger partial charge in [-0.25, -0.2) is 0 Å². The van der Waals surface area contributed by atoms with E-state index in [1.807, 2.05) is 26.0 Å². The average Bonchev–Trinajstić information content (AvgIpc) is 2.46. The Hall–Kier alpha value is -1.82. The number of carbonyl (C=O) groups excluding carboxylic acids is 1. The third-order valence-corrected chi connectivity index (χ3v) is 3.40. The van der Waals surface area contributed by atoms with Crippen LogP contribution >= 0.6 is 12.2 Å². The third kappa shape index (κ3) is 5.59. The Morgan fingerprint density at radius 3 is 2.76 bits per heavy atom. The Morgan fingerprint density at radius 1 is 1.48 bits per heavy atom. The SMILES string of the molecule is CCC(C)NC(=O)CCNc1cc(OC)ccc1C(N)=S. The number of methoxy groups -OCH3 is 1. The van der Waals surface area contributed by atoms with E-state index in [9.17, 15) is 4.79 Å². The first kappa shape index (κ1) is 17.2. The van der Waals surface area contributed by atoms with Crippen LogP contribution in [0.5, 0.6) is 5.75 Å². The van der Waals surface area contributed by atoms with E-state index in [4.69, 9.17) is 22.7 Å². The summed E-state index contributed by atoms with van der Waals surface area (Å²) in [5.74, 6) is 0.734. The van der Waals surface area contributed by atoms with Crippen molar-refractivity contribution < 1.29 is 9.53 Å². The van der Waals surface area contributed by atoms with E-state index in [2.05, 4.69) is 10.6 Å². The van der Waals surface area contributed by atoms with E-state index in [-0.39, 0.29) is 11.9 Å². The first-order valence-electron chi connectivity index (χ1n) is 6.99. The molecule has 116 valence electrons. The molecule has 1 aromatic carbocycles. The summed E-state index contributed by atoms with van der Waals surface area (Å²) in [5.41, 5.74) is 7.21. The average molecular weight is 309 g/mol. The van der Waals surface area contributed by atoms with Gasteiger partial charge in [0.05, 0.1) is 7.11 Å². The number of nitrogens with one attached hydrogen (secondary N) is 2. The van der Waals surface area contributed by atoms with Crippen LogP contribution in [0.1, 0.15) is 32.3 Å². The topological polar surface area (TPSA) is 76.4 Å². The summed E-state index contributed by atoms with van der Waals surface area (Å²) in [6.45, 7) is 4.53. The summed E-state index contributed by atoms with van der Waals surface area (Å²) < 4.78 is 5.18. The number of anilines is 1. The van der Waals surface area contributed by atoms with Gasteiger partial charge in [0, 0.05) is 36.3 Å². The van der Waals surface area contributed by atoms with Crippen molar-refractivity contribution in [2.45, 2.75) is 32.7 Å². The quantitative estimate of drug-likeness (QED) is 0.641. The van der Waals surface area contributed by atoms with Crippen LogP contribution in [-0.2, 0) is 4.79 Å². The highest BCUT2D eigenvalue weighted by Crippen LogP contribution is 2.22. The van der Waals surface area contributed by atoms with Crippen LogP contribution in [0, 0.1) is 0 Å². The molecule has 1 atom stereocenters. The first-order valence-corrected chi connectivity index (χ1v) is 7.39. The molecule has 4 N–H and O–H groups in total. The van der Waals surface area contributed by atoms with Crippen LogP contribution in [0.15, 0.2) is 18.2 Å². The number of hydrogen-bond acceptors (Lipinski definition) is 4. The summed E-state index contributed by atoms with van der Waals surface area (Å²) in [5, 5.41) is 6.10. The zero-order valence-electron chi connectivity index (χ0n) is 12.7.